The van der Waals surface area contributed by atoms with E-state index in [0.29, 0.717) is 23.6 Å². The van der Waals surface area contributed by atoms with E-state index in [4.69, 9.17) is 0 Å². The number of anilines is 2. The van der Waals surface area contributed by atoms with Gasteiger partial charge >= 0.3 is 11.9 Å². The molecule has 154 valence electrons. The summed E-state index contributed by atoms with van der Waals surface area (Å²) in [6.45, 7) is 2.21. The molecule has 1 N–H and O–H groups in total. The Hall–Kier alpha value is -3.39. The molecule has 1 saturated heterocycles. The Balaban J connectivity index is 1.45. The Morgan fingerprint density at radius 3 is 2.53 bits per heavy atom. The summed E-state index contributed by atoms with van der Waals surface area (Å²) in [6.07, 6.45) is 4.68. The number of amides is 3. The molecule has 1 fully saturated rings. The molecule has 2 aliphatic rings. The van der Waals surface area contributed by atoms with Gasteiger partial charge in [-0.3, -0.25) is 19.4 Å². The van der Waals surface area contributed by atoms with E-state index in [-0.39, 0.29) is 11.4 Å². The number of aliphatic imine (C=N–C) groups is 1. The van der Waals surface area contributed by atoms with E-state index < -0.39 is 17.7 Å². The molecule has 2 aromatic carbocycles. The first kappa shape index (κ1) is 19.9. The van der Waals surface area contributed by atoms with Gasteiger partial charge in [0.2, 0.25) is 0 Å². The molecular formula is C22H21FN4O3. The second kappa shape index (κ2) is 8.54. The SMILES string of the molecule is O=C(/N=C/c1ccc(F)cc1)Nc1ccc2c(c1)C(=O)C(=O)N2CN1CCCCC1. The Labute approximate surface area is 173 Å². The van der Waals surface area contributed by atoms with Gasteiger partial charge in [-0.15, -0.1) is 0 Å². The van der Waals surface area contributed by atoms with E-state index in [1.54, 1.807) is 12.1 Å². The molecule has 0 unspecified atom stereocenters. The molecule has 8 heteroatoms. The van der Waals surface area contributed by atoms with Crippen LogP contribution in [0.1, 0.15) is 35.2 Å². The van der Waals surface area contributed by atoms with Crippen LogP contribution in [0.15, 0.2) is 47.5 Å². The van der Waals surface area contributed by atoms with Crippen LogP contribution in [0, 0.1) is 5.82 Å². The summed E-state index contributed by atoms with van der Waals surface area (Å²) in [5.41, 5.74) is 1.78. The second-order valence-electron chi connectivity index (χ2n) is 7.35. The van der Waals surface area contributed by atoms with Gasteiger partial charge in [-0.1, -0.05) is 18.6 Å². The Morgan fingerprint density at radius 1 is 1.07 bits per heavy atom. The monoisotopic (exact) mass is 408 g/mol. The number of carbonyl (C=O) groups is 3. The normalized spacial score (nSPS) is 16.9. The van der Waals surface area contributed by atoms with Crippen molar-refractivity contribution in [1.29, 1.82) is 0 Å². The first-order valence-corrected chi connectivity index (χ1v) is 9.84. The van der Waals surface area contributed by atoms with E-state index >= 15 is 0 Å². The van der Waals surface area contributed by atoms with E-state index in [1.807, 2.05) is 0 Å². The third-order valence-electron chi connectivity index (χ3n) is 5.21. The highest BCUT2D eigenvalue weighted by Crippen LogP contribution is 2.31. The minimum atomic E-state index is -0.638. The number of urea groups is 1. The van der Waals surface area contributed by atoms with Crippen LogP contribution in [0.4, 0.5) is 20.6 Å². The number of halogens is 1. The number of ketones is 1. The van der Waals surface area contributed by atoms with Crippen LogP contribution in [0.5, 0.6) is 0 Å². The molecule has 0 saturated carbocycles. The predicted molar refractivity (Wildman–Crippen MR) is 112 cm³/mol. The van der Waals surface area contributed by atoms with Crippen molar-refractivity contribution in [3.63, 3.8) is 0 Å². The maximum absolute atomic E-state index is 12.9. The number of carbonyl (C=O) groups excluding carboxylic acids is 3. The van der Waals surface area contributed by atoms with Crippen LogP contribution in [0.3, 0.4) is 0 Å². The molecule has 3 amide bonds. The Kier molecular flexibility index (Phi) is 5.67. The summed E-state index contributed by atoms with van der Waals surface area (Å²) in [5, 5.41) is 2.58. The van der Waals surface area contributed by atoms with Gasteiger partial charge in [0, 0.05) is 11.9 Å². The van der Waals surface area contributed by atoms with Gasteiger partial charge in [-0.05, 0) is 61.8 Å². The van der Waals surface area contributed by atoms with Crippen molar-refractivity contribution in [3.05, 3.63) is 59.4 Å². The molecule has 2 aromatic rings. The fraction of sp³-hybridized carbons (Fsp3) is 0.273. The first-order chi connectivity index (χ1) is 14.5. The molecule has 30 heavy (non-hydrogen) atoms. The minimum Gasteiger partial charge on any atom is -0.306 e. The number of hydrogen-bond donors (Lipinski definition) is 1. The van der Waals surface area contributed by atoms with E-state index in [1.165, 1.54) is 47.9 Å². The molecule has 0 bridgehead atoms. The van der Waals surface area contributed by atoms with Gasteiger partial charge in [0.05, 0.1) is 17.9 Å². The minimum absolute atomic E-state index is 0.275. The number of likely N-dealkylation sites (tertiary alicyclic amines) is 1. The average Bonchev–Trinajstić information content (AvgIpc) is 2.99. The van der Waals surface area contributed by atoms with Gasteiger partial charge in [0.15, 0.2) is 0 Å². The highest BCUT2D eigenvalue weighted by atomic mass is 19.1. The number of Topliss-reactive ketones (excluding diaryl/α,β-unsaturated/α-hetero) is 1. The highest BCUT2D eigenvalue weighted by Gasteiger charge is 2.37. The van der Waals surface area contributed by atoms with E-state index in [0.717, 1.165) is 25.9 Å². The van der Waals surface area contributed by atoms with Gasteiger partial charge in [0.1, 0.15) is 5.82 Å². The quantitative estimate of drug-likeness (QED) is 0.621. The van der Waals surface area contributed by atoms with Crippen molar-refractivity contribution in [1.82, 2.24) is 4.90 Å². The van der Waals surface area contributed by atoms with Crippen molar-refractivity contribution in [2.75, 3.05) is 30.0 Å². The largest absolute Gasteiger partial charge is 0.345 e. The maximum Gasteiger partial charge on any atom is 0.345 e. The number of rotatable bonds is 4. The third kappa shape index (κ3) is 4.28. The van der Waals surface area contributed by atoms with Crippen LogP contribution in [-0.4, -0.2) is 48.6 Å². The van der Waals surface area contributed by atoms with E-state index in [2.05, 4.69) is 15.2 Å². The third-order valence-corrected chi connectivity index (χ3v) is 5.21. The van der Waals surface area contributed by atoms with Crippen molar-refractivity contribution < 1.29 is 18.8 Å². The van der Waals surface area contributed by atoms with Crippen LogP contribution >= 0.6 is 0 Å². The number of benzene rings is 2. The molecule has 0 aliphatic carbocycles. The molecule has 0 aromatic heterocycles. The van der Waals surface area contributed by atoms with Crippen molar-refractivity contribution in [3.8, 4) is 0 Å². The van der Waals surface area contributed by atoms with Crippen LogP contribution in [0.25, 0.3) is 0 Å². The number of fused-ring (bicyclic) bond motifs is 1. The molecule has 0 radical (unpaired) electrons. The number of piperidine rings is 1. The topological polar surface area (TPSA) is 82.1 Å². The lowest BCUT2D eigenvalue weighted by molar-refractivity contribution is -0.114. The molecule has 0 atom stereocenters. The molecule has 2 heterocycles. The zero-order valence-electron chi connectivity index (χ0n) is 16.3. The average molecular weight is 408 g/mol. The zero-order chi connectivity index (χ0) is 21.1. The summed E-state index contributed by atoms with van der Waals surface area (Å²) in [6, 6.07) is 9.72. The highest BCUT2D eigenvalue weighted by molar-refractivity contribution is 6.52. The molecular weight excluding hydrogens is 387 g/mol. The predicted octanol–water partition coefficient (Wildman–Crippen LogP) is 3.45. The van der Waals surface area contributed by atoms with Crippen LogP contribution < -0.4 is 10.2 Å². The maximum atomic E-state index is 12.9. The molecule has 4 rings (SSSR count). The van der Waals surface area contributed by atoms with Gasteiger partial charge in [-0.2, -0.15) is 0 Å². The lowest BCUT2D eigenvalue weighted by Gasteiger charge is -2.30. The summed E-state index contributed by atoms with van der Waals surface area (Å²) >= 11 is 0. The zero-order valence-corrected chi connectivity index (χ0v) is 16.3. The number of hydrogen-bond acceptors (Lipinski definition) is 4. The smallest absolute Gasteiger partial charge is 0.306 e. The van der Waals surface area contributed by atoms with Crippen LogP contribution in [-0.2, 0) is 4.79 Å². The first-order valence-electron chi connectivity index (χ1n) is 9.84. The molecule has 7 nitrogen and oxygen atoms in total. The fourth-order valence-electron chi connectivity index (χ4n) is 3.66. The Bertz CT molecular complexity index is 1010. The number of nitrogens with one attached hydrogen (secondary N) is 1. The summed E-state index contributed by atoms with van der Waals surface area (Å²) < 4.78 is 12.9. The number of nitrogens with zero attached hydrogens (tertiary/aromatic N) is 3. The second-order valence-corrected chi connectivity index (χ2v) is 7.35. The van der Waals surface area contributed by atoms with Crippen molar-refractivity contribution >= 4 is 35.3 Å². The Morgan fingerprint density at radius 2 is 1.80 bits per heavy atom. The van der Waals surface area contributed by atoms with E-state index in [9.17, 15) is 18.8 Å². The fourth-order valence-corrected chi connectivity index (χ4v) is 3.66. The van der Waals surface area contributed by atoms with Crippen LogP contribution in [0.2, 0.25) is 0 Å². The van der Waals surface area contributed by atoms with Crippen molar-refractivity contribution in [2.45, 2.75) is 19.3 Å². The standard InChI is InChI=1S/C22H21FN4O3/c23-16-6-4-15(5-7-16)13-24-22(30)25-17-8-9-19-18(12-17)20(28)21(29)27(19)14-26-10-2-1-3-11-26/h4-9,12-13H,1-3,10-11,14H2,(H,25,30)/b24-13+. The van der Waals surface area contributed by atoms with Gasteiger partial charge in [-0.25, -0.2) is 14.2 Å². The lowest BCUT2D eigenvalue weighted by Crippen LogP contribution is -2.43. The summed E-state index contributed by atoms with van der Waals surface area (Å²) in [7, 11) is 0. The van der Waals surface area contributed by atoms with Gasteiger partial charge < -0.3 is 5.32 Å². The summed E-state index contributed by atoms with van der Waals surface area (Å²) in [5.74, 6) is -1.50. The summed E-state index contributed by atoms with van der Waals surface area (Å²) in [4.78, 5) is 44.4. The lowest BCUT2D eigenvalue weighted by atomic mass is 10.1. The van der Waals surface area contributed by atoms with Gasteiger partial charge in [0.25, 0.3) is 5.78 Å². The molecule has 2 aliphatic heterocycles. The van der Waals surface area contributed by atoms with Crippen molar-refractivity contribution in [2.24, 2.45) is 4.99 Å². The molecule has 0 spiro atoms.